The van der Waals surface area contributed by atoms with E-state index in [9.17, 15) is 4.79 Å². The summed E-state index contributed by atoms with van der Waals surface area (Å²) in [5, 5.41) is 3.89. The van der Waals surface area contributed by atoms with E-state index in [2.05, 4.69) is 5.32 Å². The summed E-state index contributed by atoms with van der Waals surface area (Å²) in [5.74, 6) is 0.462. The zero-order chi connectivity index (χ0) is 13.8. The lowest BCUT2D eigenvalue weighted by molar-refractivity contribution is -0.122. The number of amides is 1. The summed E-state index contributed by atoms with van der Waals surface area (Å²) in [6.07, 6.45) is 1.00. The molecule has 100 valence electrons. The second kappa shape index (κ2) is 6.65. The van der Waals surface area contributed by atoms with Crippen molar-refractivity contribution in [3.05, 3.63) is 33.8 Å². The maximum Gasteiger partial charge on any atom is 0.224 e. The van der Waals surface area contributed by atoms with Crippen LogP contribution < -0.4 is 5.32 Å². The van der Waals surface area contributed by atoms with Crippen LogP contribution in [0.3, 0.4) is 0 Å². The molecule has 0 aliphatic carbocycles. The Labute approximate surface area is 123 Å². The third kappa shape index (κ3) is 5.05. The Morgan fingerprint density at radius 3 is 2.50 bits per heavy atom. The first-order valence-corrected chi connectivity index (χ1v) is 6.94. The summed E-state index contributed by atoms with van der Waals surface area (Å²) in [6.45, 7) is 3.89. The molecule has 0 saturated heterocycles. The van der Waals surface area contributed by atoms with Gasteiger partial charge in [0, 0.05) is 11.4 Å². The van der Waals surface area contributed by atoms with Gasteiger partial charge >= 0.3 is 0 Å². The molecule has 2 nitrogen and oxygen atoms in total. The van der Waals surface area contributed by atoms with Crippen LogP contribution in [0.1, 0.15) is 25.8 Å². The van der Waals surface area contributed by atoms with Gasteiger partial charge in [-0.25, -0.2) is 0 Å². The minimum Gasteiger partial charge on any atom is -0.351 e. The molecule has 0 unspecified atom stereocenters. The van der Waals surface area contributed by atoms with Crippen molar-refractivity contribution in [3.63, 3.8) is 0 Å². The van der Waals surface area contributed by atoms with Gasteiger partial charge in [0.15, 0.2) is 0 Å². The van der Waals surface area contributed by atoms with E-state index in [0.29, 0.717) is 15.9 Å². The van der Waals surface area contributed by atoms with Gasteiger partial charge in [0.2, 0.25) is 5.91 Å². The summed E-state index contributed by atoms with van der Waals surface area (Å²) in [7, 11) is 0. The average Bonchev–Trinajstić information content (AvgIpc) is 2.22. The SMILES string of the molecule is CC(C)(CCCl)NC(=O)Cc1ccc(Cl)c(Cl)c1. The van der Waals surface area contributed by atoms with E-state index in [-0.39, 0.29) is 17.9 Å². The van der Waals surface area contributed by atoms with Crippen LogP contribution in [0.4, 0.5) is 0 Å². The predicted octanol–water partition coefficient (Wildman–Crippen LogP) is 4.06. The van der Waals surface area contributed by atoms with Crippen LogP contribution in [0.2, 0.25) is 10.0 Å². The van der Waals surface area contributed by atoms with Crippen LogP contribution in [-0.4, -0.2) is 17.3 Å². The highest BCUT2D eigenvalue weighted by atomic mass is 35.5. The molecule has 1 amide bonds. The molecule has 0 atom stereocenters. The van der Waals surface area contributed by atoms with Crippen molar-refractivity contribution in [2.24, 2.45) is 0 Å². The fraction of sp³-hybridized carbons (Fsp3) is 0.462. The van der Waals surface area contributed by atoms with Crippen LogP contribution >= 0.6 is 34.8 Å². The monoisotopic (exact) mass is 307 g/mol. The second-order valence-corrected chi connectivity index (χ2v) is 5.99. The Morgan fingerprint density at radius 2 is 1.94 bits per heavy atom. The number of hydrogen-bond donors (Lipinski definition) is 1. The van der Waals surface area contributed by atoms with Gasteiger partial charge in [0.25, 0.3) is 0 Å². The van der Waals surface area contributed by atoms with Crippen molar-refractivity contribution in [3.8, 4) is 0 Å². The quantitative estimate of drug-likeness (QED) is 0.817. The minimum atomic E-state index is -0.297. The number of carbonyl (C=O) groups is 1. The van der Waals surface area contributed by atoms with Crippen molar-refractivity contribution >= 4 is 40.7 Å². The van der Waals surface area contributed by atoms with Crippen LogP contribution in [0, 0.1) is 0 Å². The lowest BCUT2D eigenvalue weighted by atomic mass is 10.0. The largest absolute Gasteiger partial charge is 0.351 e. The highest BCUT2D eigenvalue weighted by Crippen LogP contribution is 2.22. The molecular weight excluding hydrogens is 293 g/mol. The van der Waals surface area contributed by atoms with Crippen molar-refractivity contribution < 1.29 is 4.79 Å². The maximum absolute atomic E-state index is 11.9. The molecule has 1 N–H and O–H groups in total. The van der Waals surface area contributed by atoms with E-state index in [1.165, 1.54) is 0 Å². The number of halogens is 3. The Bertz CT molecular complexity index is 432. The lowest BCUT2D eigenvalue weighted by Gasteiger charge is -2.25. The zero-order valence-corrected chi connectivity index (χ0v) is 12.7. The van der Waals surface area contributed by atoms with Gasteiger partial charge in [0.1, 0.15) is 0 Å². The zero-order valence-electron chi connectivity index (χ0n) is 10.4. The molecule has 0 aliphatic heterocycles. The van der Waals surface area contributed by atoms with Crippen molar-refractivity contribution in [1.82, 2.24) is 5.32 Å². The second-order valence-electron chi connectivity index (χ2n) is 4.80. The first kappa shape index (κ1) is 15.6. The summed E-state index contributed by atoms with van der Waals surface area (Å²) in [5.41, 5.74) is 0.540. The molecule has 0 radical (unpaired) electrons. The summed E-state index contributed by atoms with van der Waals surface area (Å²) >= 11 is 17.4. The molecule has 0 heterocycles. The Balaban J connectivity index is 2.62. The average molecular weight is 309 g/mol. The van der Waals surface area contributed by atoms with E-state index in [0.717, 1.165) is 12.0 Å². The number of alkyl halides is 1. The van der Waals surface area contributed by atoms with Gasteiger partial charge in [-0.05, 0) is 38.0 Å². The Hall–Kier alpha value is -0.440. The molecule has 1 aromatic rings. The normalized spacial score (nSPS) is 11.4. The van der Waals surface area contributed by atoms with Crippen LogP contribution in [0.5, 0.6) is 0 Å². The Morgan fingerprint density at radius 1 is 1.28 bits per heavy atom. The summed E-state index contributed by atoms with van der Waals surface area (Å²) in [4.78, 5) is 11.9. The standard InChI is InChI=1S/C13H16Cl3NO/c1-13(2,5-6-14)17-12(18)8-9-3-4-10(15)11(16)7-9/h3-4,7H,5-6,8H2,1-2H3,(H,17,18). The molecule has 0 spiro atoms. The number of carbonyl (C=O) groups excluding carboxylic acids is 1. The van der Waals surface area contributed by atoms with Gasteiger partial charge in [-0.2, -0.15) is 0 Å². The van der Waals surface area contributed by atoms with E-state index in [1.807, 2.05) is 13.8 Å². The van der Waals surface area contributed by atoms with Crippen LogP contribution in [0.25, 0.3) is 0 Å². The molecule has 5 heteroatoms. The fourth-order valence-corrected chi connectivity index (χ4v) is 2.35. The van der Waals surface area contributed by atoms with Gasteiger partial charge in [-0.15, -0.1) is 11.6 Å². The topological polar surface area (TPSA) is 29.1 Å². The van der Waals surface area contributed by atoms with Gasteiger partial charge in [-0.1, -0.05) is 29.3 Å². The molecule has 18 heavy (non-hydrogen) atoms. The smallest absolute Gasteiger partial charge is 0.224 e. The molecule has 0 fully saturated rings. The molecule has 0 aromatic heterocycles. The molecule has 1 aromatic carbocycles. The lowest BCUT2D eigenvalue weighted by Crippen LogP contribution is -2.44. The Kier molecular flexibility index (Phi) is 5.77. The molecule has 1 rings (SSSR count). The van der Waals surface area contributed by atoms with Gasteiger partial charge < -0.3 is 5.32 Å². The third-order valence-electron chi connectivity index (χ3n) is 2.55. The summed E-state index contributed by atoms with van der Waals surface area (Å²) < 4.78 is 0. The van der Waals surface area contributed by atoms with E-state index in [4.69, 9.17) is 34.8 Å². The maximum atomic E-state index is 11.9. The molecule has 0 bridgehead atoms. The van der Waals surface area contributed by atoms with Gasteiger partial charge in [0.05, 0.1) is 16.5 Å². The third-order valence-corrected chi connectivity index (χ3v) is 3.47. The number of benzene rings is 1. The van der Waals surface area contributed by atoms with E-state index in [1.54, 1.807) is 18.2 Å². The highest BCUT2D eigenvalue weighted by Gasteiger charge is 2.19. The van der Waals surface area contributed by atoms with Gasteiger partial charge in [-0.3, -0.25) is 4.79 Å². The molecule has 0 saturated carbocycles. The number of nitrogens with one attached hydrogen (secondary N) is 1. The van der Waals surface area contributed by atoms with Crippen molar-refractivity contribution in [2.75, 3.05) is 5.88 Å². The van der Waals surface area contributed by atoms with E-state index < -0.39 is 0 Å². The van der Waals surface area contributed by atoms with Crippen LogP contribution in [-0.2, 0) is 11.2 Å². The highest BCUT2D eigenvalue weighted by molar-refractivity contribution is 6.42. The number of rotatable bonds is 5. The van der Waals surface area contributed by atoms with Crippen molar-refractivity contribution in [2.45, 2.75) is 32.2 Å². The predicted molar refractivity (Wildman–Crippen MR) is 77.7 cm³/mol. The number of hydrogen-bond acceptors (Lipinski definition) is 1. The fourth-order valence-electron chi connectivity index (χ4n) is 1.56. The van der Waals surface area contributed by atoms with Crippen LogP contribution in [0.15, 0.2) is 18.2 Å². The first-order chi connectivity index (χ1) is 8.34. The first-order valence-electron chi connectivity index (χ1n) is 5.65. The molecule has 0 aliphatic rings. The van der Waals surface area contributed by atoms with Crippen molar-refractivity contribution in [1.29, 1.82) is 0 Å². The van der Waals surface area contributed by atoms with E-state index >= 15 is 0 Å². The minimum absolute atomic E-state index is 0.0523. The summed E-state index contributed by atoms with van der Waals surface area (Å²) in [6, 6.07) is 5.19. The molecular formula is C13H16Cl3NO.